The Bertz CT molecular complexity index is 690. The SMILES string of the molecule is CCNC(=NCc1cnn(C)c1)NCC(C)Oc1cccc(OC)c1.I. The molecular formula is C18H28IN5O2. The normalized spacial score (nSPS) is 12.1. The number of methoxy groups -OCH3 is 1. The summed E-state index contributed by atoms with van der Waals surface area (Å²) in [5.74, 6) is 2.32. The van der Waals surface area contributed by atoms with Crippen LogP contribution >= 0.6 is 24.0 Å². The maximum Gasteiger partial charge on any atom is 0.191 e. The average molecular weight is 473 g/mol. The van der Waals surface area contributed by atoms with Crippen LogP contribution in [0.25, 0.3) is 0 Å². The van der Waals surface area contributed by atoms with Gasteiger partial charge in [-0.05, 0) is 26.0 Å². The van der Waals surface area contributed by atoms with Crippen molar-refractivity contribution in [2.75, 3.05) is 20.2 Å². The summed E-state index contributed by atoms with van der Waals surface area (Å²) in [6, 6.07) is 7.59. The van der Waals surface area contributed by atoms with Gasteiger partial charge in [-0.25, -0.2) is 4.99 Å². The van der Waals surface area contributed by atoms with Gasteiger partial charge in [0.15, 0.2) is 5.96 Å². The predicted molar refractivity (Wildman–Crippen MR) is 115 cm³/mol. The number of aromatic nitrogens is 2. The number of ether oxygens (including phenoxy) is 2. The highest BCUT2D eigenvalue weighted by molar-refractivity contribution is 14.0. The molecule has 2 rings (SSSR count). The molecule has 0 saturated heterocycles. The molecule has 2 aromatic rings. The molecule has 0 spiro atoms. The molecule has 8 heteroatoms. The second kappa shape index (κ2) is 11.6. The molecule has 2 N–H and O–H groups in total. The average Bonchev–Trinajstić information content (AvgIpc) is 3.03. The third kappa shape index (κ3) is 7.51. The number of nitrogens with zero attached hydrogens (tertiary/aromatic N) is 3. The van der Waals surface area contributed by atoms with E-state index in [2.05, 4.69) is 20.7 Å². The van der Waals surface area contributed by atoms with Crippen molar-refractivity contribution in [3.05, 3.63) is 42.2 Å². The van der Waals surface area contributed by atoms with Gasteiger partial charge in [0.2, 0.25) is 0 Å². The molecule has 1 unspecified atom stereocenters. The predicted octanol–water partition coefficient (Wildman–Crippen LogP) is 2.57. The van der Waals surface area contributed by atoms with Gasteiger partial charge in [0.25, 0.3) is 0 Å². The number of aryl methyl sites for hydroxylation is 1. The first-order chi connectivity index (χ1) is 12.1. The summed E-state index contributed by atoms with van der Waals surface area (Å²) < 4.78 is 12.9. The first-order valence-corrected chi connectivity index (χ1v) is 8.41. The number of halogens is 1. The van der Waals surface area contributed by atoms with Crippen molar-refractivity contribution in [1.82, 2.24) is 20.4 Å². The van der Waals surface area contributed by atoms with Crippen LogP contribution in [-0.4, -0.2) is 42.0 Å². The molecule has 7 nitrogen and oxygen atoms in total. The fraction of sp³-hybridized carbons (Fsp3) is 0.444. The molecule has 0 radical (unpaired) electrons. The van der Waals surface area contributed by atoms with Crippen LogP contribution in [0.3, 0.4) is 0 Å². The minimum absolute atomic E-state index is 0. The highest BCUT2D eigenvalue weighted by Gasteiger charge is 2.07. The van der Waals surface area contributed by atoms with Crippen molar-refractivity contribution in [3.63, 3.8) is 0 Å². The summed E-state index contributed by atoms with van der Waals surface area (Å²) in [6.45, 7) is 6.06. The topological polar surface area (TPSA) is 72.7 Å². The number of hydrogen-bond donors (Lipinski definition) is 2. The highest BCUT2D eigenvalue weighted by Crippen LogP contribution is 2.19. The zero-order valence-electron chi connectivity index (χ0n) is 15.7. The van der Waals surface area contributed by atoms with Crippen LogP contribution in [0.15, 0.2) is 41.7 Å². The third-order valence-corrected chi connectivity index (χ3v) is 3.46. The first kappa shape index (κ1) is 22.1. The van der Waals surface area contributed by atoms with E-state index >= 15 is 0 Å². The Kier molecular flexibility index (Phi) is 9.85. The van der Waals surface area contributed by atoms with E-state index in [1.807, 2.05) is 57.6 Å². The van der Waals surface area contributed by atoms with E-state index in [0.29, 0.717) is 13.1 Å². The maximum atomic E-state index is 5.91. The van der Waals surface area contributed by atoms with Crippen LogP contribution in [0, 0.1) is 0 Å². The minimum Gasteiger partial charge on any atom is -0.497 e. The number of benzene rings is 1. The molecule has 1 heterocycles. The molecule has 1 aromatic carbocycles. The molecular weight excluding hydrogens is 445 g/mol. The van der Waals surface area contributed by atoms with E-state index in [1.54, 1.807) is 11.8 Å². The monoisotopic (exact) mass is 473 g/mol. The van der Waals surface area contributed by atoms with Crippen LogP contribution in [0.5, 0.6) is 11.5 Å². The van der Waals surface area contributed by atoms with Crippen LogP contribution in [0.1, 0.15) is 19.4 Å². The third-order valence-electron chi connectivity index (χ3n) is 3.46. The molecule has 0 saturated carbocycles. The van der Waals surface area contributed by atoms with Gasteiger partial charge in [-0.1, -0.05) is 6.07 Å². The van der Waals surface area contributed by atoms with E-state index in [1.165, 1.54) is 0 Å². The summed E-state index contributed by atoms with van der Waals surface area (Å²) in [7, 11) is 3.54. The Labute approximate surface area is 172 Å². The van der Waals surface area contributed by atoms with E-state index < -0.39 is 0 Å². The zero-order chi connectivity index (χ0) is 18.1. The fourth-order valence-electron chi connectivity index (χ4n) is 2.25. The molecule has 26 heavy (non-hydrogen) atoms. The van der Waals surface area contributed by atoms with Gasteiger partial charge < -0.3 is 20.1 Å². The minimum atomic E-state index is -0.0191. The number of guanidine groups is 1. The first-order valence-electron chi connectivity index (χ1n) is 8.41. The number of rotatable bonds is 8. The molecule has 0 bridgehead atoms. The van der Waals surface area contributed by atoms with Crippen molar-refractivity contribution in [3.8, 4) is 11.5 Å². The van der Waals surface area contributed by atoms with Crippen molar-refractivity contribution in [2.45, 2.75) is 26.5 Å². The van der Waals surface area contributed by atoms with Crippen LogP contribution in [0.2, 0.25) is 0 Å². The maximum absolute atomic E-state index is 5.91. The fourth-order valence-corrected chi connectivity index (χ4v) is 2.25. The number of aliphatic imine (C=N–C) groups is 1. The van der Waals surface area contributed by atoms with Crippen molar-refractivity contribution >= 4 is 29.9 Å². The summed E-state index contributed by atoms with van der Waals surface area (Å²) in [6.07, 6.45) is 3.76. The van der Waals surface area contributed by atoms with Crippen molar-refractivity contribution < 1.29 is 9.47 Å². The lowest BCUT2D eigenvalue weighted by Crippen LogP contribution is -2.41. The standard InChI is InChI=1S/C18H27N5O2.HI/c1-5-19-18(21-11-15-12-22-23(3)13-15)20-10-14(2)25-17-8-6-7-16(9-17)24-4;/h6-9,12-14H,5,10-11H2,1-4H3,(H2,19,20,21);1H. The van der Waals surface area contributed by atoms with Crippen molar-refractivity contribution in [2.24, 2.45) is 12.0 Å². The van der Waals surface area contributed by atoms with E-state index in [0.717, 1.165) is 29.6 Å². The summed E-state index contributed by atoms with van der Waals surface area (Å²) in [4.78, 5) is 4.57. The lowest BCUT2D eigenvalue weighted by molar-refractivity contribution is 0.223. The Morgan fingerprint density at radius 3 is 2.73 bits per heavy atom. The smallest absolute Gasteiger partial charge is 0.191 e. The van der Waals surface area contributed by atoms with Gasteiger partial charge >= 0.3 is 0 Å². The molecule has 1 aromatic heterocycles. The van der Waals surface area contributed by atoms with E-state index in [4.69, 9.17) is 9.47 Å². The Morgan fingerprint density at radius 2 is 2.08 bits per heavy atom. The number of nitrogens with one attached hydrogen (secondary N) is 2. The summed E-state index contributed by atoms with van der Waals surface area (Å²) in [5.41, 5.74) is 1.07. The van der Waals surface area contributed by atoms with Crippen molar-refractivity contribution in [1.29, 1.82) is 0 Å². The quantitative estimate of drug-likeness (QED) is 0.351. The Hall–Kier alpha value is -1.97. The van der Waals surface area contributed by atoms with E-state index in [-0.39, 0.29) is 30.1 Å². The molecule has 0 amide bonds. The van der Waals surface area contributed by atoms with Gasteiger partial charge in [-0.3, -0.25) is 4.68 Å². The highest BCUT2D eigenvalue weighted by atomic mass is 127. The van der Waals surface area contributed by atoms with Gasteiger partial charge in [0.1, 0.15) is 17.6 Å². The largest absolute Gasteiger partial charge is 0.497 e. The van der Waals surface area contributed by atoms with Gasteiger partial charge in [0.05, 0.1) is 26.4 Å². The van der Waals surface area contributed by atoms with E-state index in [9.17, 15) is 0 Å². The Balaban J connectivity index is 0.00000338. The molecule has 0 aliphatic carbocycles. The lowest BCUT2D eigenvalue weighted by Gasteiger charge is -2.18. The van der Waals surface area contributed by atoms with Gasteiger partial charge in [-0.15, -0.1) is 24.0 Å². The van der Waals surface area contributed by atoms with Gasteiger partial charge in [0, 0.05) is 31.4 Å². The Morgan fingerprint density at radius 1 is 1.31 bits per heavy atom. The molecule has 0 aliphatic heterocycles. The van der Waals surface area contributed by atoms with Crippen LogP contribution in [-0.2, 0) is 13.6 Å². The zero-order valence-corrected chi connectivity index (χ0v) is 18.1. The molecule has 0 fully saturated rings. The van der Waals surface area contributed by atoms with Gasteiger partial charge in [-0.2, -0.15) is 5.10 Å². The molecule has 1 atom stereocenters. The van der Waals surface area contributed by atoms with Crippen LogP contribution in [0.4, 0.5) is 0 Å². The molecule has 0 aliphatic rings. The second-order valence-electron chi connectivity index (χ2n) is 5.71. The summed E-state index contributed by atoms with van der Waals surface area (Å²) in [5, 5.41) is 10.7. The number of hydrogen-bond acceptors (Lipinski definition) is 4. The second-order valence-corrected chi connectivity index (χ2v) is 5.71. The molecule has 144 valence electrons. The lowest BCUT2D eigenvalue weighted by atomic mass is 10.3. The van der Waals surface area contributed by atoms with Crippen LogP contribution < -0.4 is 20.1 Å². The summed E-state index contributed by atoms with van der Waals surface area (Å²) >= 11 is 0.